The molecular weight excluding hydrogens is 466 g/mol. The predicted molar refractivity (Wildman–Crippen MR) is 160 cm³/mol. The van der Waals surface area contributed by atoms with Crippen molar-refractivity contribution in [3.8, 4) is 0 Å². The Labute approximate surface area is 227 Å². The van der Waals surface area contributed by atoms with Gasteiger partial charge in [0.2, 0.25) is 0 Å². The molecule has 1 aliphatic heterocycles. The first-order valence-corrected chi connectivity index (χ1v) is 13.0. The number of hydrogen-bond acceptors (Lipinski definition) is 4. The monoisotopic (exact) mass is 503 g/mol. The molecule has 3 aromatic carbocycles. The van der Waals surface area contributed by atoms with Gasteiger partial charge >= 0.3 is 0 Å². The predicted octanol–water partition coefficient (Wildman–Crippen LogP) is 7.84. The summed E-state index contributed by atoms with van der Waals surface area (Å²) in [4.78, 5) is 24.8. The number of carbonyl (C=O) groups excluding carboxylic acids is 1. The van der Waals surface area contributed by atoms with Gasteiger partial charge in [0.1, 0.15) is 12.1 Å². The summed E-state index contributed by atoms with van der Waals surface area (Å²) >= 11 is 0. The van der Waals surface area contributed by atoms with Gasteiger partial charge in [0.25, 0.3) is 0 Å². The Morgan fingerprint density at radius 1 is 0.895 bits per heavy atom. The van der Waals surface area contributed by atoms with Gasteiger partial charge in [0.15, 0.2) is 0 Å². The number of aliphatic imine (C=N–C) groups is 1. The average Bonchev–Trinajstić information content (AvgIpc) is 3.36. The van der Waals surface area contributed by atoms with E-state index in [1.165, 1.54) is 27.8 Å². The van der Waals surface area contributed by atoms with E-state index in [4.69, 9.17) is 0 Å². The summed E-state index contributed by atoms with van der Waals surface area (Å²) in [5, 5.41) is 1.10. The fourth-order valence-corrected chi connectivity index (χ4v) is 4.60. The van der Waals surface area contributed by atoms with Crippen molar-refractivity contribution in [3.05, 3.63) is 130 Å². The van der Waals surface area contributed by atoms with E-state index in [-0.39, 0.29) is 13.3 Å². The molecule has 0 bridgehead atoms. The fourth-order valence-electron chi connectivity index (χ4n) is 4.60. The van der Waals surface area contributed by atoms with Gasteiger partial charge in [-0.15, -0.1) is 0 Å². The van der Waals surface area contributed by atoms with Gasteiger partial charge in [-0.3, -0.25) is 9.79 Å². The lowest BCUT2D eigenvalue weighted by Gasteiger charge is -2.09. The lowest BCUT2D eigenvalue weighted by Crippen LogP contribution is -1.99. The molecule has 1 aliphatic rings. The molecular formula is C34H37N3O. The van der Waals surface area contributed by atoms with Crippen LogP contribution in [0.25, 0.3) is 10.9 Å². The molecule has 0 saturated heterocycles. The van der Waals surface area contributed by atoms with Crippen molar-refractivity contribution < 1.29 is 6.22 Å². The topological polar surface area (TPSA) is 55.2 Å². The van der Waals surface area contributed by atoms with E-state index in [9.17, 15) is 4.79 Å². The summed E-state index contributed by atoms with van der Waals surface area (Å²) in [6.07, 6.45) is 7.04. The first kappa shape index (κ1) is 26.9. The van der Waals surface area contributed by atoms with Crippen molar-refractivity contribution in [1.82, 2.24) is 9.97 Å². The number of rotatable bonds is 6. The highest BCUT2D eigenvalue weighted by Gasteiger charge is 2.14. The molecule has 1 unspecified atom stereocenters. The van der Waals surface area contributed by atoms with E-state index >= 15 is 0 Å². The molecule has 0 amide bonds. The van der Waals surface area contributed by atoms with Gasteiger partial charge < -0.3 is 0 Å². The Morgan fingerprint density at radius 3 is 2.34 bits per heavy atom. The second kappa shape index (κ2) is 11.9. The molecule has 4 nitrogen and oxygen atoms in total. The molecule has 194 valence electrons. The largest absolute Gasteiger partial charge is 0.300 e. The maximum atomic E-state index is 11.3. The number of fused-ring (bicyclic) bond motifs is 1. The first-order chi connectivity index (χ1) is 18.2. The van der Waals surface area contributed by atoms with Crippen LogP contribution in [0.15, 0.2) is 96.3 Å². The lowest BCUT2D eigenvalue weighted by molar-refractivity contribution is -0.116. The van der Waals surface area contributed by atoms with Gasteiger partial charge in [-0.05, 0) is 91.8 Å². The Balaban J connectivity index is 0.000000228. The zero-order valence-electron chi connectivity index (χ0n) is 23.0. The molecule has 0 spiro atoms. The highest BCUT2D eigenvalue weighted by atomic mass is 16.1. The molecule has 1 aromatic heterocycles. The number of Topliss-reactive ketones (excluding diaryl/α,β-unsaturated/α-hetero) is 1. The number of hydrogen-bond donors (Lipinski definition) is 0. The van der Waals surface area contributed by atoms with Crippen molar-refractivity contribution in [1.29, 1.82) is 0 Å². The van der Waals surface area contributed by atoms with Gasteiger partial charge in [-0.2, -0.15) is 0 Å². The minimum atomic E-state index is 0. The Morgan fingerprint density at radius 2 is 1.63 bits per heavy atom. The maximum absolute atomic E-state index is 11.3. The van der Waals surface area contributed by atoms with Crippen molar-refractivity contribution in [2.24, 2.45) is 4.99 Å². The fraction of sp³-hybridized carbons (Fsp3) is 0.235. The Bertz CT molecular complexity index is 1570. The van der Waals surface area contributed by atoms with Crippen molar-refractivity contribution in [3.63, 3.8) is 0 Å². The molecule has 0 saturated carbocycles. The van der Waals surface area contributed by atoms with Crippen LogP contribution in [0.2, 0.25) is 0 Å². The quantitative estimate of drug-likeness (QED) is 0.269. The summed E-state index contributed by atoms with van der Waals surface area (Å²) in [7, 11) is 0. The van der Waals surface area contributed by atoms with Crippen LogP contribution in [0.1, 0.15) is 60.4 Å². The first-order valence-electron chi connectivity index (χ1n) is 13.0. The van der Waals surface area contributed by atoms with Crippen molar-refractivity contribution >= 4 is 22.4 Å². The van der Waals surface area contributed by atoms with Gasteiger partial charge in [0, 0.05) is 19.7 Å². The number of aryl methyl sites for hydroxylation is 3. The summed E-state index contributed by atoms with van der Waals surface area (Å²) in [6.45, 7) is 13.8. The summed E-state index contributed by atoms with van der Waals surface area (Å²) in [6, 6.07) is 21.0. The molecule has 5 rings (SSSR count). The highest BCUT2D eigenvalue weighted by molar-refractivity contribution is 6.09. The van der Waals surface area contributed by atoms with Crippen LogP contribution < -0.4 is 0 Å². The van der Waals surface area contributed by atoms with Crippen LogP contribution in [0.5, 0.6) is 0 Å². The lowest BCUT2D eigenvalue weighted by atomic mass is 9.99. The zero-order valence-corrected chi connectivity index (χ0v) is 23.0. The number of carbonyl (C=O) groups is 1. The molecule has 38 heavy (non-hydrogen) atoms. The zero-order chi connectivity index (χ0) is 27.2. The van der Waals surface area contributed by atoms with Crippen LogP contribution in [0, 0.1) is 20.8 Å². The minimum absolute atomic E-state index is 0. The van der Waals surface area contributed by atoms with E-state index in [0.717, 1.165) is 39.9 Å². The average molecular weight is 504 g/mol. The van der Waals surface area contributed by atoms with Crippen LogP contribution in [-0.2, 0) is 17.6 Å². The molecule has 0 N–H and O–H groups in total. The van der Waals surface area contributed by atoms with Crippen LogP contribution in [-0.4, -0.2) is 21.5 Å². The molecule has 0 fully saturated rings. The number of nitrogens with zero attached hydrogens (tertiary/aromatic N) is 3. The van der Waals surface area contributed by atoms with E-state index in [2.05, 4.69) is 103 Å². The second-order valence-electron chi connectivity index (χ2n) is 10.1. The third kappa shape index (κ3) is 6.57. The number of benzene rings is 3. The smallest absolute Gasteiger partial charge is 0.134 e. The molecule has 1 atom stereocenters. The molecule has 0 aliphatic carbocycles. The SMILES string of the molecule is C=C(C)C1=NC(c2ccccc2C)C=C1.CC(=O)Cc1cccc(Cc2ncnc3cc(C)c(C)cc23)c1.[HH]. The van der Waals surface area contributed by atoms with E-state index < -0.39 is 0 Å². The van der Waals surface area contributed by atoms with Crippen LogP contribution >= 0.6 is 0 Å². The van der Waals surface area contributed by atoms with Gasteiger partial charge in [-0.1, -0.05) is 61.2 Å². The van der Waals surface area contributed by atoms with Crippen molar-refractivity contribution in [2.45, 2.75) is 53.5 Å². The number of ketones is 1. The third-order valence-electron chi connectivity index (χ3n) is 6.81. The Kier molecular flexibility index (Phi) is 8.42. The molecule has 4 heteroatoms. The van der Waals surface area contributed by atoms with E-state index in [0.29, 0.717) is 6.42 Å². The van der Waals surface area contributed by atoms with E-state index in [1.807, 2.05) is 19.1 Å². The number of aromatic nitrogens is 2. The van der Waals surface area contributed by atoms with E-state index in [1.54, 1.807) is 13.3 Å². The summed E-state index contributed by atoms with van der Waals surface area (Å²) in [5.41, 5.74) is 11.3. The van der Waals surface area contributed by atoms with Crippen LogP contribution in [0.4, 0.5) is 0 Å². The molecule has 2 heterocycles. The normalized spacial score (nSPS) is 14.1. The molecule has 0 radical (unpaired) electrons. The summed E-state index contributed by atoms with van der Waals surface area (Å²) in [5.74, 6) is 0.181. The standard InChI is InChI=1S/C20H20N2O.C14H15N.H2/c1-13-7-18-19(8-14(13)2)21-12-22-20(18)11-17-6-4-5-16(10-17)9-15(3)23;1-10(2)13-8-9-14(15-13)12-7-5-4-6-11(12)3;/h4-8,10,12H,9,11H2,1-3H3;4-9,14H,1H2,2-3H3;1H. The van der Waals surface area contributed by atoms with Crippen LogP contribution in [0.3, 0.4) is 0 Å². The highest BCUT2D eigenvalue weighted by Crippen LogP contribution is 2.27. The third-order valence-corrected chi connectivity index (χ3v) is 6.81. The summed E-state index contributed by atoms with van der Waals surface area (Å²) < 4.78 is 0. The minimum Gasteiger partial charge on any atom is -0.300 e. The molecule has 4 aromatic rings. The van der Waals surface area contributed by atoms with Gasteiger partial charge in [-0.25, -0.2) is 9.97 Å². The Hall–Kier alpha value is -4.18. The van der Waals surface area contributed by atoms with Crippen molar-refractivity contribution in [2.75, 3.05) is 0 Å². The second-order valence-corrected chi connectivity index (χ2v) is 10.1. The maximum Gasteiger partial charge on any atom is 0.134 e. The van der Waals surface area contributed by atoms with Gasteiger partial charge in [0.05, 0.1) is 23.0 Å². The number of allylic oxidation sites excluding steroid dienone is 2.